The van der Waals surface area contributed by atoms with Crippen molar-refractivity contribution < 1.29 is 0 Å². The number of hydrogen-bond donors (Lipinski definition) is 0. The van der Waals surface area contributed by atoms with Gasteiger partial charge in [0.15, 0.2) is 17.5 Å². The predicted octanol–water partition coefficient (Wildman–Crippen LogP) is 14.8. The molecule has 0 saturated carbocycles. The zero-order valence-electron chi connectivity index (χ0n) is 34.3. The number of benzene rings is 9. The highest BCUT2D eigenvalue weighted by molar-refractivity contribution is 7.25. The van der Waals surface area contributed by atoms with Crippen LogP contribution in [0.3, 0.4) is 0 Å². The molecule has 0 N–H and O–H groups in total. The molecular weight excluding hydrogens is 797 g/mol. The average Bonchev–Trinajstić information content (AvgIpc) is 4.00. The number of aromatic nitrogens is 3. The molecule has 0 bridgehead atoms. The van der Waals surface area contributed by atoms with Crippen molar-refractivity contribution in [2.45, 2.75) is 5.41 Å². The van der Waals surface area contributed by atoms with Crippen LogP contribution in [0.25, 0.3) is 98.8 Å². The van der Waals surface area contributed by atoms with Gasteiger partial charge < -0.3 is 0 Å². The van der Waals surface area contributed by atoms with E-state index in [1.165, 1.54) is 55.6 Å². The molecule has 5 heteroatoms. The van der Waals surface area contributed by atoms with E-state index in [4.69, 9.17) is 15.0 Å². The smallest absolute Gasteiger partial charge is 0.164 e. The van der Waals surface area contributed by atoms with Gasteiger partial charge in [0.2, 0.25) is 0 Å². The molecule has 0 fully saturated rings. The van der Waals surface area contributed by atoms with Crippen molar-refractivity contribution in [1.82, 2.24) is 15.0 Å². The largest absolute Gasteiger partial charge is 0.208 e. The molecule has 13 rings (SSSR count). The number of nitriles is 1. The molecule has 64 heavy (non-hydrogen) atoms. The summed E-state index contributed by atoms with van der Waals surface area (Å²) in [5.41, 5.74) is 18.2. The van der Waals surface area contributed by atoms with Crippen LogP contribution in [0.5, 0.6) is 0 Å². The van der Waals surface area contributed by atoms with E-state index < -0.39 is 0 Å². The quantitative estimate of drug-likeness (QED) is 0.173. The minimum atomic E-state index is -0.377. The molecule has 11 aromatic rings. The van der Waals surface area contributed by atoms with E-state index in [2.05, 4.69) is 164 Å². The second kappa shape index (κ2) is 14.1. The average molecular weight is 831 g/mol. The van der Waals surface area contributed by atoms with Crippen molar-refractivity contribution in [3.05, 3.63) is 234 Å². The number of hydrogen-bond acceptors (Lipinski definition) is 5. The first kappa shape index (κ1) is 36.4. The fourth-order valence-corrected chi connectivity index (χ4v) is 11.5. The van der Waals surface area contributed by atoms with Crippen LogP contribution in [0.2, 0.25) is 0 Å². The molecule has 0 atom stereocenters. The van der Waals surface area contributed by atoms with Gasteiger partial charge in [0.1, 0.15) is 0 Å². The summed E-state index contributed by atoms with van der Waals surface area (Å²) in [6.07, 6.45) is 0. The van der Waals surface area contributed by atoms with Crippen molar-refractivity contribution in [1.29, 1.82) is 5.26 Å². The summed E-state index contributed by atoms with van der Waals surface area (Å²) in [4.78, 5) is 15.2. The van der Waals surface area contributed by atoms with Crippen LogP contribution in [0.1, 0.15) is 27.8 Å². The van der Waals surface area contributed by atoms with Gasteiger partial charge in [-0.25, -0.2) is 15.0 Å². The van der Waals surface area contributed by atoms with Gasteiger partial charge in [0, 0.05) is 36.9 Å². The Hall–Kier alpha value is -8.30. The molecule has 0 radical (unpaired) electrons. The Kier molecular flexibility index (Phi) is 8.02. The third-order valence-corrected chi connectivity index (χ3v) is 14.3. The minimum absolute atomic E-state index is 0.377. The number of nitrogens with zero attached hydrogens (tertiary/aromatic N) is 4. The van der Waals surface area contributed by atoms with Gasteiger partial charge >= 0.3 is 0 Å². The zero-order valence-corrected chi connectivity index (χ0v) is 35.1. The molecule has 0 saturated heterocycles. The van der Waals surface area contributed by atoms with Crippen molar-refractivity contribution >= 4 is 31.5 Å². The third kappa shape index (κ3) is 5.37. The molecule has 2 aliphatic carbocycles. The van der Waals surface area contributed by atoms with Crippen LogP contribution < -0.4 is 0 Å². The highest BCUT2D eigenvalue weighted by atomic mass is 32.1. The Morgan fingerprint density at radius 2 is 0.844 bits per heavy atom. The van der Waals surface area contributed by atoms with Crippen LogP contribution >= 0.6 is 11.3 Å². The van der Waals surface area contributed by atoms with E-state index in [1.54, 1.807) is 11.3 Å². The van der Waals surface area contributed by atoms with Crippen LogP contribution in [-0.2, 0) is 5.41 Å². The summed E-state index contributed by atoms with van der Waals surface area (Å²) in [7, 11) is 0. The van der Waals surface area contributed by atoms with Crippen LogP contribution in [0.15, 0.2) is 206 Å². The second-order valence-corrected chi connectivity index (χ2v) is 17.7. The summed E-state index contributed by atoms with van der Waals surface area (Å²) in [6.45, 7) is 0. The SMILES string of the molecule is N#Cc1ccc2sc3ccc(-c4nc(-c5ccccc5)nc(-c5cccc(-c6ccc(-c7cccc8c7-c7ccccc7C87c8ccccc8-c8ccccc87)cc6)c5)n4)cc3c2c1. The monoisotopic (exact) mass is 830 g/mol. The van der Waals surface area contributed by atoms with Gasteiger partial charge in [-0.2, -0.15) is 5.26 Å². The summed E-state index contributed by atoms with van der Waals surface area (Å²) >= 11 is 1.72. The standard InChI is InChI=1S/C59H34N4S/c60-35-36-24-30-53-47(32-36)48-34-42(29-31-54(48)64-53)58-62-56(39-12-2-1-3-13-39)61-57(63-58)41-15-10-14-40(33-41)37-25-27-38(28-26-37)43-19-11-23-52-55(43)46-18-6-9-22-51(46)59(52)49-20-7-4-16-44(49)45-17-5-8-21-50(45)59/h1-34H. The van der Waals surface area contributed by atoms with Gasteiger partial charge in [-0.15, -0.1) is 11.3 Å². The first-order valence-corrected chi connectivity index (χ1v) is 22.3. The second-order valence-electron chi connectivity index (χ2n) is 16.6. The van der Waals surface area contributed by atoms with E-state index >= 15 is 0 Å². The normalized spacial score (nSPS) is 12.8. The molecule has 4 nitrogen and oxygen atoms in total. The maximum atomic E-state index is 9.64. The van der Waals surface area contributed by atoms with Gasteiger partial charge in [0.25, 0.3) is 0 Å². The Bertz CT molecular complexity index is 3700. The molecule has 2 aliphatic rings. The molecule has 2 heterocycles. The van der Waals surface area contributed by atoms with E-state index in [0.29, 0.717) is 23.0 Å². The highest BCUT2D eigenvalue weighted by Gasteiger charge is 2.51. The topological polar surface area (TPSA) is 62.5 Å². The van der Waals surface area contributed by atoms with Crippen molar-refractivity contribution in [3.8, 4) is 84.7 Å². The third-order valence-electron chi connectivity index (χ3n) is 13.2. The summed E-state index contributed by atoms with van der Waals surface area (Å²) in [5.74, 6) is 1.81. The molecule has 0 unspecified atom stereocenters. The molecule has 0 aliphatic heterocycles. The van der Waals surface area contributed by atoms with E-state index in [9.17, 15) is 5.26 Å². The summed E-state index contributed by atoms with van der Waals surface area (Å²) < 4.78 is 2.30. The fourth-order valence-electron chi connectivity index (χ4n) is 10.4. The molecule has 296 valence electrons. The molecule has 9 aromatic carbocycles. The van der Waals surface area contributed by atoms with Crippen molar-refractivity contribution in [2.24, 2.45) is 0 Å². The first-order valence-electron chi connectivity index (χ1n) is 21.5. The Balaban J connectivity index is 0.898. The molecular formula is C59H34N4S. The Morgan fingerprint density at radius 1 is 0.359 bits per heavy atom. The van der Waals surface area contributed by atoms with Gasteiger partial charge in [-0.05, 0) is 109 Å². The Morgan fingerprint density at radius 3 is 1.55 bits per heavy atom. The highest BCUT2D eigenvalue weighted by Crippen LogP contribution is 2.64. The van der Waals surface area contributed by atoms with Crippen molar-refractivity contribution in [2.75, 3.05) is 0 Å². The lowest BCUT2D eigenvalue weighted by Gasteiger charge is -2.30. The lowest BCUT2D eigenvalue weighted by molar-refractivity contribution is 0.794. The van der Waals surface area contributed by atoms with Gasteiger partial charge in [-0.1, -0.05) is 164 Å². The maximum Gasteiger partial charge on any atom is 0.164 e. The summed E-state index contributed by atoms with van der Waals surface area (Å²) in [6, 6.07) is 75.9. The van der Waals surface area contributed by atoms with E-state index in [0.717, 1.165) is 48.0 Å². The molecule has 2 aromatic heterocycles. The van der Waals surface area contributed by atoms with Crippen LogP contribution in [0.4, 0.5) is 0 Å². The van der Waals surface area contributed by atoms with E-state index in [-0.39, 0.29) is 5.41 Å². The first-order chi connectivity index (χ1) is 31.7. The number of fused-ring (bicyclic) bond motifs is 13. The molecule has 0 amide bonds. The lowest BCUT2D eigenvalue weighted by atomic mass is 9.70. The summed E-state index contributed by atoms with van der Waals surface area (Å²) in [5, 5.41) is 11.8. The number of thiophene rings is 1. The van der Waals surface area contributed by atoms with Crippen LogP contribution in [0, 0.1) is 11.3 Å². The Labute approximate surface area is 374 Å². The fraction of sp³-hybridized carbons (Fsp3) is 0.0169. The predicted molar refractivity (Wildman–Crippen MR) is 261 cm³/mol. The van der Waals surface area contributed by atoms with Gasteiger partial charge in [0.05, 0.1) is 17.0 Å². The zero-order chi connectivity index (χ0) is 42.4. The van der Waals surface area contributed by atoms with Crippen LogP contribution in [-0.4, -0.2) is 15.0 Å². The lowest BCUT2D eigenvalue weighted by Crippen LogP contribution is -2.25. The minimum Gasteiger partial charge on any atom is -0.208 e. The molecule has 1 spiro atoms. The van der Waals surface area contributed by atoms with Crippen molar-refractivity contribution in [3.63, 3.8) is 0 Å². The van der Waals surface area contributed by atoms with E-state index in [1.807, 2.05) is 48.5 Å². The number of rotatable bonds is 5. The maximum absolute atomic E-state index is 9.64. The van der Waals surface area contributed by atoms with Gasteiger partial charge in [-0.3, -0.25) is 0 Å².